The minimum atomic E-state index is -2.94. The van der Waals surface area contributed by atoms with E-state index < -0.39 is 6.61 Å². The number of hydrogen-bond donors (Lipinski definition) is 1. The number of ether oxygens (including phenoxy) is 2. The van der Waals surface area contributed by atoms with Crippen LogP contribution in [0.25, 0.3) is 0 Å². The van der Waals surface area contributed by atoms with E-state index in [0.29, 0.717) is 0 Å². The van der Waals surface area contributed by atoms with Crippen LogP contribution in [0, 0.1) is 0 Å². The third kappa shape index (κ3) is 3.64. The molecule has 20 heavy (non-hydrogen) atoms. The highest BCUT2D eigenvalue weighted by Crippen LogP contribution is 2.28. The second kappa shape index (κ2) is 6.29. The first kappa shape index (κ1) is 14.2. The first-order chi connectivity index (χ1) is 9.58. The lowest BCUT2D eigenvalue weighted by Crippen LogP contribution is -2.06. The number of halogens is 3. The van der Waals surface area contributed by atoms with E-state index in [1.807, 2.05) is 0 Å². The number of nitrogens with zero attached hydrogens (tertiary/aromatic N) is 3. The molecular weight excluding hydrogens is 294 g/mol. The second-order valence-corrected chi connectivity index (χ2v) is 3.75. The third-order valence-electron chi connectivity index (χ3n) is 2.12. The zero-order valence-corrected chi connectivity index (χ0v) is 10.9. The molecule has 0 aliphatic rings. The monoisotopic (exact) mass is 302 g/mol. The SMILES string of the molecule is COc1nc(Cl)nc(Nc2ccccc2OC(F)F)n1. The minimum Gasteiger partial charge on any atom is -0.467 e. The Morgan fingerprint density at radius 2 is 1.95 bits per heavy atom. The standard InChI is InChI=1S/C11H9ClF2N4O2/c1-19-11-17-8(12)16-10(18-11)15-6-4-2-3-5-7(6)20-9(13)14/h2-5,9H,1H3,(H,15,16,17,18). The zero-order valence-electron chi connectivity index (χ0n) is 10.2. The topological polar surface area (TPSA) is 69.2 Å². The highest BCUT2D eigenvalue weighted by atomic mass is 35.5. The molecular formula is C11H9ClF2N4O2. The molecule has 0 atom stereocenters. The van der Waals surface area contributed by atoms with E-state index in [0.717, 1.165) is 0 Å². The molecule has 0 fully saturated rings. The molecule has 0 amide bonds. The number of benzene rings is 1. The van der Waals surface area contributed by atoms with Crippen LogP contribution in [0.1, 0.15) is 0 Å². The predicted molar refractivity (Wildman–Crippen MR) is 67.7 cm³/mol. The fraction of sp³-hybridized carbons (Fsp3) is 0.182. The summed E-state index contributed by atoms with van der Waals surface area (Å²) in [7, 11) is 1.36. The van der Waals surface area contributed by atoms with Crippen molar-refractivity contribution in [1.29, 1.82) is 0 Å². The number of anilines is 2. The van der Waals surface area contributed by atoms with E-state index in [2.05, 4.69) is 25.0 Å². The molecule has 0 radical (unpaired) electrons. The van der Waals surface area contributed by atoms with Crippen LogP contribution < -0.4 is 14.8 Å². The molecule has 0 saturated carbocycles. The predicted octanol–water partition coefficient (Wildman–Crippen LogP) is 2.88. The molecule has 0 spiro atoms. The van der Waals surface area contributed by atoms with Gasteiger partial charge in [-0.15, -0.1) is 0 Å². The summed E-state index contributed by atoms with van der Waals surface area (Å²) >= 11 is 5.69. The molecule has 1 aromatic carbocycles. The van der Waals surface area contributed by atoms with Gasteiger partial charge in [-0.2, -0.15) is 23.7 Å². The summed E-state index contributed by atoms with van der Waals surface area (Å²) < 4.78 is 33.8. The van der Waals surface area contributed by atoms with Crippen LogP contribution in [0.5, 0.6) is 11.8 Å². The Hall–Kier alpha value is -2.22. The lowest BCUT2D eigenvalue weighted by atomic mass is 10.3. The maximum atomic E-state index is 12.3. The summed E-state index contributed by atoms with van der Waals surface area (Å²) in [6.07, 6.45) is 0. The Morgan fingerprint density at radius 1 is 1.20 bits per heavy atom. The van der Waals surface area contributed by atoms with Gasteiger partial charge in [-0.05, 0) is 23.7 Å². The van der Waals surface area contributed by atoms with Crippen LogP contribution in [0.4, 0.5) is 20.4 Å². The van der Waals surface area contributed by atoms with Gasteiger partial charge in [0.05, 0.1) is 12.8 Å². The summed E-state index contributed by atoms with van der Waals surface area (Å²) in [6.45, 7) is -2.94. The van der Waals surface area contributed by atoms with Crippen LogP contribution >= 0.6 is 11.6 Å². The Balaban J connectivity index is 2.27. The average Bonchev–Trinajstić information content (AvgIpc) is 2.39. The molecule has 1 N–H and O–H groups in total. The summed E-state index contributed by atoms with van der Waals surface area (Å²) in [5, 5.41) is 2.62. The van der Waals surface area contributed by atoms with Crippen LogP contribution in [0.15, 0.2) is 24.3 Å². The molecule has 6 nitrogen and oxygen atoms in total. The number of aromatic nitrogens is 3. The maximum absolute atomic E-state index is 12.3. The molecule has 0 aliphatic heterocycles. The zero-order chi connectivity index (χ0) is 14.5. The van der Waals surface area contributed by atoms with E-state index in [4.69, 9.17) is 16.3 Å². The van der Waals surface area contributed by atoms with E-state index in [1.165, 1.54) is 19.2 Å². The van der Waals surface area contributed by atoms with Crippen LogP contribution in [-0.4, -0.2) is 28.7 Å². The van der Waals surface area contributed by atoms with Gasteiger partial charge in [-0.25, -0.2) is 0 Å². The number of nitrogens with one attached hydrogen (secondary N) is 1. The van der Waals surface area contributed by atoms with Crippen molar-refractivity contribution in [3.8, 4) is 11.8 Å². The maximum Gasteiger partial charge on any atom is 0.387 e. The molecule has 9 heteroatoms. The summed E-state index contributed by atoms with van der Waals surface area (Å²) in [6, 6.07) is 6.11. The molecule has 1 aromatic heterocycles. The Morgan fingerprint density at radius 3 is 2.65 bits per heavy atom. The van der Waals surface area contributed by atoms with E-state index in [9.17, 15) is 8.78 Å². The first-order valence-electron chi connectivity index (χ1n) is 5.35. The number of para-hydroxylation sites is 2. The van der Waals surface area contributed by atoms with Crippen molar-refractivity contribution >= 4 is 23.2 Å². The van der Waals surface area contributed by atoms with Gasteiger partial charge in [-0.1, -0.05) is 12.1 Å². The van der Waals surface area contributed by atoms with E-state index in [-0.39, 0.29) is 28.7 Å². The van der Waals surface area contributed by atoms with Gasteiger partial charge in [0.15, 0.2) is 0 Å². The smallest absolute Gasteiger partial charge is 0.387 e. The van der Waals surface area contributed by atoms with Crippen molar-refractivity contribution in [2.45, 2.75) is 6.61 Å². The molecule has 0 bridgehead atoms. The largest absolute Gasteiger partial charge is 0.467 e. The lowest BCUT2D eigenvalue weighted by Gasteiger charge is -2.11. The number of rotatable bonds is 5. The van der Waals surface area contributed by atoms with Crippen LogP contribution in [0.2, 0.25) is 5.28 Å². The van der Waals surface area contributed by atoms with Gasteiger partial charge in [0.2, 0.25) is 11.2 Å². The summed E-state index contributed by atoms with van der Waals surface area (Å²) in [5.74, 6) is 0.00479. The highest BCUT2D eigenvalue weighted by molar-refractivity contribution is 6.28. The lowest BCUT2D eigenvalue weighted by molar-refractivity contribution is -0.0493. The van der Waals surface area contributed by atoms with Crippen molar-refractivity contribution in [3.05, 3.63) is 29.5 Å². The van der Waals surface area contributed by atoms with Gasteiger partial charge in [0.25, 0.3) is 0 Å². The molecule has 0 aliphatic carbocycles. The average molecular weight is 303 g/mol. The number of methoxy groups -OCH3 is 1. The van der Waals surface area contributed by atoms with Gasteiger partial charge in [-0.3, -0.25) is 0 Å². The fourth-order valence-corrected chi connectivity index (χ4v) is 1.52. The minimum absolute atomic E-state index is 0.000223. The molecule has 0 saturated heterocycles. The normalized spacial score (nSPS) is 10.4. The molecule has 2 aromatic rings. The Labute approximate surface area is 117 Å². The van der Waals surface area contributed by atoms with E-state index in [1.54, 1.807) is 12.1 Å². The number of hydrogen-bond acceptors (Lipinski definition) is 6. The second-order valence-electron chi connectivity index (χ2n) is 3.41. The quantitative estimate of drug-likeness (QED) is 0.916. The van der Waals surface area contributed by atoms with Gasteiger partial charge in [0, 0.05) is 0 Å². The Bertz CT molecular complexity index is 600. The summed E-state index contributed by atoms with van der Waals surface area (Å²) in [4.78, 5) is 11.4. The molecule has 106 valence electrons. The van der Waals surface area contributed by atoms with Gasteiger partial charge >= 0.3 is 12.6 Å². The van der Waals surface area contributed by atoms with Crippen LogP contribution in [-0.2, 0) is 0 Å². The van der Waals surface area contributed by atoms with Crippen molar-refractivity contribution < 1.29 is 18.3 Å². The number of alkyl halides is 2. The Kier molecular flexibility index (Phi) is 4.46. The molecule has 2 rings (SSSR count). The van der Waals surface area contributed by atoms with Gasteiger partial charge in [0.1, 0.15) is 5.75 Å². The van der Waals surface area contributed by atoms with Crippen molar-refractivity contribution in [3.63, 3.8) is 0 Å². The summed E-state index contributed by atoms with van der Waals surface area (Å²) in [5.41, 5.74) is 0.261. The highest BCUT2D eigenvalue weighted by Gasteiger charge is 2.11. The van der Waals surface area contributed by atoms with E-state index >= 15 is 0 Å². The van der Waals surface area contributed by atoms with Crippen molar-refractivity contribution in [2.24, 2.45) is 0 Å². The van der Waals surface area contributed by atoms with Crippen molar-refractivity contribution in [2.75, 3.05) is 12.4 Å². The van der Waals surface area contributed by atoms with Gasteiger partial charge < -0.3 is 14.8 Å². The fourth-order valence-electron chi connectivity index (χ4n) is 1.37. The van der Waals surface area contributed by atoms with Crippen LogP contribution in [0.3, 0.4) is 0 Å². The first-order valence-corrected chi connectivity index (χ1v) is 5.72. The van der Waals surface area contributed by atoms with Crippen molar-refractivity contribution in [1.82, 2.24) is 15.0 Å². The molecule has 0 unspecified atom stereocenters. The molecule has 1 heterocycles. The third-order valence-corrected chi connectivity index (χ3v) is 2.29.